The van der Waals surface area contributed by atoms with Crippen molar-refractivity contribution in [3.8, 4) is 0 Å². The fourth-order valence-corrected chi connectivity index (χ4v) is 7.19. The number of halogens is 1. The van der Waals surface area contributed by atoms with Crippen LogP contribution in [0.4, 0.5) is 0 Å². The van der Waals surface area contributed by atoms with Gasteiger partial charge in [0, 0.05) is 35.3 Å². The van der Waals surface area contributed by atoms with Crippen LogP contribution in [0.1, 0.15) is 37.4 Å². The molecule has 28 heavy (non-hydrogen) atoms. The molecule has 3 aromatic rings. The first kappa shape index (κ1) is 18.7. The molecule has 1 saturated heterocycles. The number of hydrogen-bond acceptors (Lipinski definition) is 6. The third-order valence-electron chi connectivity index (χ3n) is 5.72. The number of nitrogens with one attached hydrogen (secondary N) is 2. The summed E-state index contributed by atoms with van der Waals surface area (Å²) in [6.45, 7) is 1.03. The van der Waals surface area contributed by atoms with E-state index in [1.165, 1.54) is 0 Å². The molecule has 0 bridgehead atoms. The summed E-state index contributed by atoms with van der Waals surface area (Å²) in [6.07, 6.45) is 6.17. The molecule has 11 heteroatoms. The molecule has 150 valence electrons. The number of aromatic nitrogens is 5. The van der Waals surface area contributed by atoms with Crippen molar-refractivity contribution < 1.29 is 13.2 Å². The molecular weight excluding hydrogens is 495 g/mol. The van der Waals surface area contributed by atoms with Gasteiger partial charge in [0.1, 0.15) is 5.82 Å². The highest BCUT2D eigenvalue weighted by atomic mass is 127. The average molecular weight is 516 g/mol. The van der Waals surface area contributed by atoms with Gasteiger partial charge in [-0.1, -0.05) is 22.6 Å². The van der Waals surface area contributed by atoms with E-state index in [2.05, 4.69) is 47.5 Å². The summed E-state index contributed by atoms with van der Waals surface area (Å²) in [4.78, 5) is 7.48. The molecule has 0 amide bonds. The van der Waals surface area contributed by atoms with Crippen LogP contribution >= 0.6 is 22.6 Å². The zero-order valence-electron chi connectivity index (χ0n) is 15.1. The zero-order valence-corrected chi connectivity index (χ0v) is 18.1. The molecule has 0 aromatic carbocycles. The molecule has 5 rings (SSSR count). The van der Waals surface area contributed by atoms with Gasteiger partial charge >= 0.3 is 0 Å². The number of hydrogen-bond donors (Lipinski definition) is 2. The third kappa shape index (κ3) is 3.21. The molecule has 9 nitrogen and oxygen atoms in total. The van der Waals surface area contributed by atoms with Gasteiger partial charge in [-0.2, -0.15) is 0 Å². The van der Waals surface area contributed by atoms with Crippen LogP contribution in [0.2, 0.25) is 0 Å². The van der Waals surface area contributed by atoms with E-state index in [1.807, 2.05) is 16.7 Å². The molecule has 3 atom stereocenters. The fourth-order valence-electron chi connectivity index (χ4n) is 4.30. The van der Waals surface area contributed by atoms with E-state index in [1.54, 1.807) is 6.20 Å². The van der Waals surface area contributed by atoms with E-state index in [-0.39, 0.29) is 21.1 Å². The first-order valence-electron chi connectivity index (χ1n) is 9.43. The van der Waals surface area contributed by atoms with Gasteiger partial charge in [0.05, 0.1) is 17.0 Å². The maximum Gasteiger partial charge on any atom is 0.214 e. The number of alkyl halides is 1. The summed E-state index contributed by atoms with van der Waals surface area (Å²) in [6, 6.07) is 1.88. The second-order valence-electron chi connectivity index (χ2n) is 7.49. The van der Waals surface area contributed by atoms with Crippen LogP contribution < -0.4 is 4.72 Å². The van der Waals surface area contributed by atoms with Crippen LogP contribution in [-0.4, -0.2) is 61.4 Å². The molecule has 2 N–H and O–H groups in total. The molecule has 1 aliphatic heterocycles. The fraction of sp³-hybridized carbons (Fsp3) is 0.588. The first-order valence-corrected chi connectivity index (χ1v) is 12.2. The highest BCUT2D eigenvalue weighted by molar-refractivity contribution is 14.1. The van der Waals surface area contributed by atoms with Gasteiger partial charge in [-0.05, 0) is 31.7 Å². The number of sulfonamides is 1. The first-order chi connectivity index (χ1) is 13.5. The Morgan fingerprint density at radius 1 is 1.25 bits per heavy atom. The SMILES string of the molecule is O=S(=O)(N[C@H]1C[C@@H](I)[C@@H](c2nnc3cnc4[nH]ccc4n23)C1)C1CCOCC1. The van der Waals surface area contributed by atoms with Gasteiger partial charge in [0.2, 0.25) is 10.0 Å². The minimum absolute atomic E-state index is 0.0874. The summed E-state index contributed by atoms with van der Waals surface area (Å²) in [5.41, 5.74) is 2.43. The Kier molecular flexibility index (Phi) is 4.80. The van der Waals surface area contributed by atoms with E-state index in [0.29, 0.717) is 38.1 Å². The van der Waals surface area contributed by atoms with Crippen LogP contribution in [0.3, 0.4) is 0 Å². The van der Waals surface area contributed by atoms with E-state index in [9.17, 15) is 8.42 Å². The van der Waals surface area contributed by atoms with Crippen molar-refractivity contribution >= 4 is 49.4 Å². The van der Waals surface area contributed by atoms with Crippen LogP contribution in [0.25, 0.3) is 16.8 Å². The van der Waals surface area contributed by atoms with Crippen LogP contribution in [0, 0.1) is 0 Å². The van der Waals surface area contributed by atoms with Gasteiger partial charge in [0.25, 0.3) is 0 Å². The third-order valence-corrected chi connectivity index (χ3v) is 9.11. The Morgan fingerprint density at radius 2 is 2.07 bits per heavy atom. The summed E-state index contributed by atoms with van der Waals surface area (Å²) < 4.78 is 36.1. The lowest BCUT2D eigenvalue weighted by Gasteiger charge is -2.24. The quantitative estimate of drug-likeness (QED) is 0.404. The van der Waals surface area contributed by atoms with Crippen molar-refractivity contribution in [3.05, 3.63) is 24.3 Å². The lowest BCUT2D eigenvalue weighted by atomic mass is 10.1. The number of nitrogens with zero attached hydrogens (tertiary/aromatic N) is 4. The number of ether oxygens (including phenoxy) is 1. The van der Waals surface area contributed by atoms with Crippen LogP contribution in [-0.2, 0) is 14.8 Å². The van der Waals surface area contributed by atoms with Crippen molar-refractivity contribution in [2.75, 3.05) is 13.2 Å². The lowest BCUT2D eigenvalue weighted by molar-refractivity contribution is 0.0981. The van der Waals surface area contributed by atoms with Crippen molar-refractivity contribution in [3.63, 3.8) is 0 Å². The Balaban J connectivity index is 1.41. The highest BCUT2D eigenvalue weighted by Gasteiger charge is 2.40. The molecule has 0 radical (unpaired) electrons. The Morgan fingerprint density at radius 3 is 2.89 bits per heavy atom. The van der Waals surface area contributed by atoms with Gasteiger partial charge in [-0.3, -0.25) is 4.40 Å². The second kappa shape index (κ2) is 7.18. The molecule has 0 unspecified atom stereocenters. The minimum Gasteiger partial charge on any atom is -0.381 e. The maximum absolute atomic E-state index is 12.8. The van der Waals surface area contributed by atoms with E-state index in [0.717, 1.165) is 23.4 Å². The number of rotatable bonds is 4. The average Bonchev–Trinajstić information content (AvgIpc) is 3.39. The summed E-state index contributed by atoms with van der Waals surface area (Å²) in [5.74, 6) is 0.993. The molecule has 1 saturated carbocycles. The van der Waals surface area contributed by atoms with E-state index < -0.39 is 10.0 Å². The number of fused-ring (bicyclic) bond motifs is 3. The summed E-state index contributed by atoms with van der Waals surface area (Å²) in [5, 5.41) is 8.37. The smallest absolute Gasteiger partial charge is 0.214 e. The van der Waals surface area contributed by atoms with Gasteiger partial charge in [0.15, 0.2) is 11.3 Å². The number of aromatic amines is 1. The lowest BCUT2D eigenvalue weighted by Crippen LogP contribution is -2.42. The molecule has 3 aromatic heterocycles. The van der Waals surface area contributed by atoms with Crippen molar-refractivity contribution in [1.29, 1.82) is 0 Å². The zero-order chi connectivity index (χ0) is 19.3. The van der Waals surface area contributed by atoms with Gasteiger partial charge < -0.3 is 9.72 Å². The predicted molar refractivity (Wildman–Crippen MR) is 112 cm³/mol. The van der Waals surface area contributed by atoms with Crippen molar-refractivity contribution in [1.82, 2.24) is 29.3 Å². The van der Waals surface area contributed by atoms with Gasteiger partial charge in [-0.25, -0.2) is 18.1 Å². The summed E-state index contributed by atoms with van der Waals surface area (Å²) >= 11 is 2.41. The Labute approximate surface area is 175 Å². The van der Waals surface area contributed by atoms with Gasteiger partial charge in [-0.15, -0.1) is 10.2 Å². The molecule has 0 spiro atoms. The largest absolute Gasteiger partial charge is 0.381 e. The monoisotopic (exact) mass is 516 g/mol. The van der Waals surface area contributed by atoms with Crippen LogP contribution in [0.15, 0.2) is 18.5 Å². The Hall–Kier alpha value is -1.31. The normalized spacial score (nSPS) is 27.1. The van der Waals surface area contributed by atoms with E-state index in [4.69, 9.17) is 4.74 Å². The minimum atomic E-state index is -3.34. The van der Waals surface area contributed by atoms with Crippen molar-refractivity contribution in [2.45, 2.75) is 46.8 Å². The van der Waals surface area contributed by atoms with Crippen molar-refractivity contribution in [2.24, 2.45) is 0 Å². The second-order valence-corrected chi connectivity index (χ2v) is 11.1. The maximum atomic E-state index is 12.8. The highest BCUT2D eigenvalue weighted by Crippen LogP contribution is 2.40. The van der Waals surface area contributed by atoms with Crippen LogP contribution in [0.5, 0.6) is 0 Å². The molecule has 2 aliphatic rings. The standard InChI is InChI=1S/C17H21IN6O3S/c18-13-8-10(23-28(25,26)11-2-5-27-6-3-11)7-12(13)17-22-21-15-9-20-16-14(24(15)17)1-4-19-16/h1,4,9-13,19,23H,2-3,5-8H2/t10-,12+,13-/m1/s1. The molecular formula is C17H21IN6O3S. The molecule has 1 aliphatic carbocycles. The number of H-pyrrole nitrogens is 1. The molecule has 4 heterocycles. The predicted octanol–water partition coefficient (Wildman–Crippen LogP) is 1.75. The summed E-state index contributed by atoms with van der Waals surface area (Å²) in [7, 11) is -3.34. The Bertz CT molecular complexity index is 1110. The van der Waals surface area contributed by atoms with E-state index >= 15 is 0 Å². The topological polar surface area (TPSA) is 114 Å². The molecule has 2 fully saturated rings.